The normalized spacial score (nSPS) is 17.9. The molecule has 0 aliphatic heterocycles. The second-order valence-electron chi connectivity index (χ2n) is 3.66. The lowest BCUT2D eigenvalue weighted by molar-refractivity contribution is 0.734. The van der Waals surface area contributed by atoms with Gasteiger partial charge in [-0.15, -0.1) is 0 Å². The van der Waals surface area contributed by atoms with Gasteiger partial charge in [-0.25, -0.2) is 9.67 Å². The van der Waals surface area contributed by atoms with Crippen molar-refractivity contribution in [2.24, 2.45) is 7.05 Å². The van der Waals surface area contributed by atoms with Gasteiger partial charge in [-0.1, -0.05) is 6.08 Å². The summed E-state index contributed by atoms with van der Waals surface area (Å²) >= 11 is 0. The highest BCUT2D eigenvalue weighted by Crippen LogP contribution is 2.38. The van der Waals surface area contributed by atoms with Crippen molar-refractivity contribution in [3.05, 3.63) is 17.7 Å². The molecule has 0 saturated heterocycles. The maximum Gasteiger partial charge on any atom is 0.154 e. The van der Waals surface area contributed by atoms with Crippen molar-refractivity contribution in [3.63, 3.8) is 0 Å². The fourth-order valence-corrected chi connectivity index (χ4v) is 1.39. The molecule has 0 radical (unpaired) electrons. The standard InChI is InChI=1S/C10H15N3/c1-4-7(2)10-11-9(8-5-6-8)12-13(10)3/h4,8H,5-6H2,1-3H3/b7-4-. The van der Waals surface area contributed by atoms with Crippen LogP contribution in [-0.4, -0.2) is 14.8 Å². The quantitative estimate of drug-likeness (QED) is 0.692. The molecular weight excluding hydrogens is 162 g/mol. The summed E-state index contributed by atoms with van der Waals surface area (Å²) in [4.78, 5) is 4.53. The highest BCUT2D eigenvalue weighted by atomic mass is 15.3. The van der Waals surface area contributed by atoms with Crippen LogP contribution in [0.5, 0.6) is 0 Å². The summed E-state index contributed by atoms with van der Waals surface area (Å²) in [5.74, 6) is 2.67. The second-order valence-corrected chi connectivity index (χ2v) is 3.66. The third-order valence-electron chi connectivity index (χ3n) is 2.51. The van der Waals surface area contributed by atoms with Crippen LogP contribution in [0.3, 0.4) is 0 Å². The number of aryl methyl sites for hydroxylation is 1. The van der Waals surface area contributed by atoms with Crippen LogP contribution in [0.15, 0.2) is 6.08 Å². The van der Waals surface area contributed by atoms with Crippen molar-refractivity contribution >= 4 is 5.57 Å². The lowest BCUT2D eigenvalue weighted by Crippen LogP contribution is -1.96. The molecule has 1 saturated carbocycles. The minimum Gasteiger partial charge on any atom is -0.249 e. The topological polar surface area (TPSA) is 30.7 Å². The molecule has 70 valence electrons. The zero-order valence-electron chi connectivity index (χ0n) is 8.41. The molecule has 3 heteroatoms. The Balaban J connectivity index is 2.35. The predicted octanol–water partition coefficient (Wildman–Crippen LogP) is 2.12. The smallest absolute Gasteiger partial charge is 0.154 e. The van der Waals surface area contributed by atoms with Crippen molar-refractivity contribution in [2.45, 2.75) is 32.6 Å². The van der Waals surface area contributed by atoms with Crippen molar-refractivity contribution < 1.29 is 0 Å². The third-order valence-corrected chi connectivity index (χ3v) is 2.51. The largest absolute Gasteiger partial charge is 0.249 e. The van der Waals surface area contributed by atoms with Crippen LogP contribution in [0.2, 0.25) is 0 Å². The van der Waals surface area contributed by atoms with E-state index in [1.165, 1.54) is 18.4 Å². The molecule has 0 bridgehead atoms. The van der Waals surface area contributed by atoms with E-state index in [4.69, 9.17) is 0 Å². The first-order chi connectivity index (χ1) is 6.22. The van der Waals surface area contributed by atoms with Gasteiger partial charge in [0.05, 0.1) is 0 Å². The molecule has 2 rings (SSSR count). The highest BCUT2D eigenvalue weighted by molar-refractivity contribution is 5.57. The molecule has 1 aliphatic carbocycles. The first kappa shape index (κ1) is 8.48. The Morgan fingerprint density at radius 2 is 2.23 bits per heavy atom. The minimum atomic E-state index is 0.643. The molecule has 0 atom stereocenters. The Kier molecular flexibility index (Phi) is 1.94. The summed E-state index contributed by atoms with van der Waals surface area (Å²) in [6.45, 7) is 4.10. The van der Waals surface area contributed by atoms with Gasteiger partial charge < -0.3 is 0 Å². The van der Waals surface area contributed by atoms with Gasteiger partial charge in [0.1, 0.15) is 0 Å². The van der Waals surface area contributed by atoms with Gasteiger partial charge in [-0.05, 0) is 32.3 Å². The highest BCUT2D eigenvalue weighted by Gasteiger charge is 2.28. The van der Waals surface area contributed by atoms with Crippen molar-refractivity contribution in [1.29, 1.82) is 0 Å². The van der Waals surface area contributed by atoms with Gasteiger partial charge in [-0.3, -0.25) is 0 Å². The summed E-state index contributed by atoms with van der Waals surface area (Å²) in [5.41, 5.74) is 1.20. The minimum absolute atomic E-state index is 0.643. The molecule has 1 aromatic rings. The molecule has 0 spiro atoms. The molecule has 0 aromatic carbocycles. The van der Waals surface area contributed by atoms with E-state index in [9.17, 15) is 0 Å². The maximum absolute atomic E-state index is 4.53. The van der Waals surface area contributed by atoms with Crippen molar-refractivity contribution in [3.8, 4) is 0 Å². The number of hydrogen-bond donors (Lipinski definition) is 0. The average molecular weight is 177 g/mol. The van der Waals surface area contributed by atoms with Crippen LogP contribution < -0.4 is 0 Å². The predicted molar refractivity (Wildman–Crippen MR) is 52.3 cm³/mol. The van der Waals surface area contributed by atoms with Crippen LogP contribution in [-0.2, 0) is 7.05 Å². The summed E-state index contributed by atoms with van der Waals surface area (Å²) in [5, 5.41) is 4.41. The van der Waals surface area contributed by atoms with Crippen LogP contribution in [0.25, 0.3) is 5.57 Å². The fourth-order valence-electron chi connectivity index (χ4n) is 1.39. The monoisotopic (exact) mass is 177 g/mol. The van der Waals surface area contributed by atoms with E-state index in [1.54, 1.807) is 0 Å². The molecule has 0 N–H and O–H groups in total. The first-order valence-corrected chi connectivity index (χ1v) is 4.76. The maximum atomic E-state index is 4.53. The summed E-state index contributed by atoms with van der Waals surface area (Å²) < 4.78 is 1.88. The molecule has 1 aliphatic rings. The Hall–Kier alpha value is -1.12. The summed E-state index contributed by atoms with van der Waals surface area (Å²) in [6, 6.07) is 0. The third kappa shape index (κ3) is 1.50. The molecule has 0 unspecified atom stereocenters. The summed E-state index contributed by atoms with van der Waals surface area (Å²) in [7, 11) is 1.96. The zero-order valence-corrected chi connectivity index (χ0v) is 8.41. The number of aromatic nitrogens is 3. The number of nitrogens with zero attached hydrogens (tertiary/aromatic N) is 3. The molecule has 1 fully saturated rings. The number of hydrogen-bond acceptors (Lipinski definition) is 2. The van der Waals surface area contributed by atoms with E-state index < -0.39 is 0 Å². The van der Waals surface area contributed by atoms with E-state index in [1.807, 2.05) is 18.7 Å². The van der Waals surface area contributed by atoms with E-state index in [-0.39, 0.29) is 0 Å². The van der Waals surface area contributed by atoms with E-state index in [0.717, 1.165) is 11.6 Å². The summed E-state index contributed by atoms with van der Waals surface area (Å²) in [6.07, 6.45) is 4.59. The van der Waals surface area contributed by atoms with Crippen LogP contribution >= 0.6 is 0 Å². The fraction of sp³-hybridized carbons (Fsp3) is 0.600. The Morgan fingerprint density at radius 3 is 2.77 bits per heavy atom. The van der Waals surface area contributed by atoms with Gasteiger partial charge in [-0.2, -0.15) is 5.10 Å². The number of rotatable bonds is 2. The Labute approximate surface area is 78.5 Å². The lowest BCUT2D eigenvalue weighted by Gasteiger charge is -1.96. The van der Waals surface area contributed by atoms with Gasteiger partial charge in [0.15, 0.2) is 11.6 Å². The Bertz CT molecular complexity index is 345. The van der Waals surface area contributed by atoms with E-state index >= 15 is 0 Å². The Morgan fingerprint density at radius 1 is 1.54 bits per heavy atom. The average Bonchev–Trinajstić information content (AvgIpc) is 2.89. The number of allylic oxidation sites excluding steroid dienone is 2. The van der Waals surface area contributed by atoms with E-state index in [2.05, 4.69) is 23.1 Å². The molecular formula is C10H15N3. The molecule has 0 amide bonds. The van der Waals surface area contributed by atoms with Crippen molar-refractivity contribution in [1.82, 2.24) is 14.8 Å². The van der Waals surface area contributed by atoms with Crippen LogP contribution in [0.1, 0.15) is 44.3 Å². The van der Waals surface area contributed by atoms with Gasteiger partial charge in [0, 0.05) is 13.0 Å². The lowest BCUT2D eigenvalue weighted by atomic mass is 10.3. The molecule has 1 aromatic heterocycles. The van der Waals surface area contributed by atoms with Crippen molar-refractivity contribution in [2.75, 3.05) is 0 Å². The second kappa shape index (κ2) is 2.98. The molecule has 13 heavy (non-hydrogen) atoms. The van der Waals surface area contributed by atoms with Gasteiger partial charge in [0.2, 0.25) is 0 Å². The van der Waals surface area contributed by atoms with Gasteiger partial charge in [0.25, 0.3) is 0 Å². The SMILES string of the molecule is C/C=C(/C)c1nc(C2CC2)nn1C. The zero-order chi connectivity index (χ0) is 9.42. The molecule has 3 nitrogen and oxygen atoms in total. The first-order valence-electron chi connectivity index (χ1n) is 4.76. The molecule has 1 heterocycles. The van der Waals surface area contributed by atoms with Gasteiger partial charge >= 0.3 is 0 Å². The van der Waals surface area contributed by atoms with Crippen LogP contribution in [0, 0.1) is 0 Å². The van der Waals surface area contributed by atoms with E-state index in [0.29, 0.717) is 5.92 Å². The van der Waals surface area contributed by atoms with Crippen LogP contribution in [0.4, 0.5) is 0 Å².